The van der Waals surface area contributed by atoms with Gasteiger partial charge in [-0.25, -0.2) is 0 Å². The number of halogens is 4. The van der Waals surface area contributed by atoms with Crippen molar-refractivity contribution in [1.29, 1.82) is 0 Å². The van der Waals surface area contributed by atoms with Crippen LogP contribution in [0.1, 0.15) is 11.3 Å². The van der Waals surface area contributed by atoms with E-state index in [0.717, 1.165) is 12.3 Å². The lowest BCUT2D eigenvalue weighted by atomic mass is 10.0. The molecule has 0 fully saturated rings. The Morgan fingerprint density at radius 2 is 1.78 bits per heavy atom. The highest BCUT2D eigenvalue weighted by Gasteiger charge is 2.31. The van der Waals surface area contributed by atoms with Crippen LogP contribution in [0.25, 0.3) is 11.1 Å². The predicted molar refractivity (Wildman–Crippen MR) is 64.2 cm³/mol. The maximum absolute atomic E-state index is 12.6. The Labute approximate surface area is 107 Å². The molecule has 5 heteroatoms. The zero-order chi connectivity index (χ0) is 13.2. The summed E-state index contributed by atoms with van der Waals surface area (Å²) < 4.78 is 37.9. The van der Waals surface area contributed by atoms with E-state index in [1.807, 2.05) is 0 Å². The molecule has 0 aliphatic rings. The highest BCUT2D eigenvalue weighted by atomic mass is 35.5. The molecule has 0 saturated heterocycles. The quantitative estimate of drug-likeness (QED) is 0.733. The topological polar surface area (TPSA) is 12.9 Å². The summed E-state index contributed by atoms with van der Waals surface area (Å²) >= 11 is 5.70. The molecule has 0 bridgehead atoms. The van der Waals surface area contributed by atoms with Gasteiger partial charge in [-0.15, -0.1) is 11.6 Å². The van der Waals surface area contributed by atoms with Gasteiger partial charge in [-0.1, -0.05) is 30.3 Å². The van der Waals surface area contributed by atoms with Gasteiger partial charge >= 0.3 is 6.18 Å². The van der Waals surface area contributed by atoms with E-state index in [-0.39, 0.29) is 5.88 Å². The van der Waals surface area contributed by atoms with Gasteiger partial charge in [-0.3, -0.25) is 4.98 Å². The molecule has 0 aliphatic heterocycles. The third-order valence-corrected chi connectivity index (χ3v) is 2.76. The Kier molecular flexibility index (Phi) is 3.57. The van der Waals surface area contributed by atoms with Crippen LogP contribution in [0.4, 0.5) is 13.2 Å². The molecule has 1 aromatic heterocycles. The van der Waals surface area contributed by atoms with Crippen LogP contribution in [-0.4, -0.2) is 4.98 Å². The van der Waals surface area contributed by atoms with Crippen LogP contribution in [0, 0.1) is 0 Å². The van der Waals surface area contributed by atoms with E-state index >= 15 is 0 Å². The van der Waals surface area contributed by atoms with E-state index < -0.39 is 11.7 Å². The second-order valence-electron chi connectivity index (χ2n) is 3.72. The Hall–Kier alpha value is -1.55. The number of alkyl halides is 4. The predicted octanol–water partition coefficient (Wildman–Crippen LogP) is 4.51. The van der Waals surface area contributed by atoms with E-state index in [9.17, 15) is 13.2 Å². The second kappa shape index (κ2) is 4.98. The van der Waals surface area contributed by atoms with Gasteiger partial charge < -0.3 is 0 Å². The fraction of sp³-hybridized carbons (Fsp3) is 0.154. The molecule has 0 spiro atoms. The van der Waals surface area contributed by atoms with Gasteiger partial charge in [0.2, 0.25) is 0 Å². The summed E-state index contributed by atoms with van der Waals surface area (Å²) in [6, 6.07) is 9.85. The molecule has 0 radical (unpaired) electrons. The molecular weight excluding hydrogens is 263 g/mol. The minimum absolute atomic E-state index is 0.0718. The lowest BCUT2D eigenvalue weighted by Gasteiger charge is -2.11. The molecule has 1 nitrogen and oxygen atoms in total. The normalized spacial score (nSPS) is 11.6. The van der Waals surface area contributed by atoms with Gasteiger partial charge in [0, 0.05) is 11.8 Å². The monoisotopic (exact) mass is 271 g/mol. The van der Waals surface area contributed by atoms with E-state index in [1.165, 1.54) is 0 Å². The number of hydrogen-bond donors (Lipinski definition) is 0. The third kappa shape index (κ3) is 2.64. The lowest BCUT2D eigenvalue weighted by molar-refractivity contribution is -0.137. The minimum atomic E-state index is -4.40. The van der Waals surface area contributed by atoms with E-state index in [2.05, 4.69) is 4.98 Å². The average molecular weight is 272 g/mol. The number of aromatic nitrogens is 1. The van der Waals surface area contributed by atoms with Crippen molar-refractivity contribution in [2.75, 3.05) is 0 Å². The largest absolute Gasteiger partial charge is 0.417 e. The molecule has 0 aliphatic carbocycles. The van der Waals surface area contributed by atoms with Gasteiger partial charge in [0.25, 0.3) is 0 Å². The van der Waals surface area contributed by atoms with Gasteiger partial charge in [-0.05, 0) is 11.6 Å². The summed E-state index contributed by atoms with van der Waals surface area (Å²) in [6.45, 7) is 0. The fourth-order valence-electron chi connectivity index (χ4n) is 1.62. The van der Waals surface area contributed by atoms with E-state index in [4.69, 9.17) is 11.6 Å². The first-order valence-electron chi connectivity index (χ1n) is 5.20. The molecule has 0 N–H and O–H groups in total. The van der Waals surface area contributed by atoms with Crippen LogP contribution in [0.15, 0.2) is 42.6 Å². The fourth-order valence-corrected chi connectivity index (χ4v) is 1.84. The smallest absolute Gasteiger partial charge is 0.259 e. The highest BCUT2D eigenvalue weighted by Crippen LogP contribution is 2.33. The van der Waals surface area contributed by atoms with Crippen molar-refractivity contribution in [2.45, 2.75) is 12.1 Å². The molecule has 0 atom stereocenters. The second-order valence-corrected chi connectivity index (χ2v) is 3.98. The molecule has 2 aromatic rings. The third-order valence-electron chi connectivity index (χ3n) is 2.51. The number of rotatable bonds is 2. The molecule has 0 saturated carbocycles. The zero-order valence-corrected chi connectivity index (χ0v) is 9.96. The zero-order valence-electron chi connectivity index (χ0n) is 9.21. The highest BCUT2D eigenvalue weighted by molar-refractivity contribution is 6.17. The van der Waals surface area contributed by atoms with Crippen LogP contribution in [0.3, 0.4) is 0 Å². The van der Waals surface area contributed by atoms with Gasteiger partial charge in [-0.2, -0.15) is 13.2 Å². The van der Waals surface area contributed by atoms with Crippen molar-refractivity contribution >= 4 is 11.6 Å². The van der Waals surface area contributed by atoms with Gasteiger partial charge in [0.05, 0.1) is 17.1 Å². The van der Waals surface area contributed by atoms with Gasteiger partial charge in [0.15, 0.2) is 0 Å². The van der Waals surface area contributed by atoms with Crippen molar-refractivity contribution in [3.05, 3.63) is 53.9 Å². The summed E-state index contributed by atoms with van der Waals surface area (Å²) in [5.74, 6) is 0.0718. The molecular formula is C13H9ClF3N. The van der Waals surface area contributed by atoms with Crippen LogP contribution in [-0.2, 0) is 12.1 Å². The van der Waals surface area contributed by atoms with E-state index in [0.29, 0.717) is 16.8 Å². The molecule has 1 aromatic carbocycles. The Balaban J connectivity index is 2.57. The standard InChI is InChI=1S/C13H9ClF3N/c14-7-12-11(9-4-2-1-3-5-9)6-10(8-18-12)13(15,16)17/h1-6,8H,7H2. The van der Waals surface area contributed by atoms with Crippen molar-refractivity contribution in [1.82, 2.24) is 4.98 Å². The maximum Gasteiger partial charge on any atom is 0.417 e. The molecule has 94 valence electrons. The molecule has 18 heavy (non-hydrogen) atoms. The summed E-state index contributed by atoms with van der Waals surface area (Å²) in [6.07, 6.45) is -3.59. The Bertz CT molecular complexity index is 538. The molecule has 0 unspecified atom stereocenters. The number of benzene rings is 1. The Morgan fingerprint density at radius 1 is 1.11 bits per heavy atom. The van der Waals surface area contributed by atoms with E-state index in [1.54, 1.807) is 30.3 Å². The van der Waals surface area contributed by atoms with Crippen LogP contribution >= 0.6 is 11.6 Å². The minimum Gasteiger partial charge on any atom is -0.259 e. The van der Waals surface area contributed by atoms with Crippen molar-refractivity contribution < 1.29 is 13.2 Å². The van der Waals surface area contributed by atoms with Crippen LogP contribution in [0.2, 0.25) is 0 Å². The Morgan fingerprint density at radius 3 is 2.33 bits per heavy atom. The summed E-state index contributed by atoms with van der Waals surface area (Å²) in [5.41, 5.74) is 0.762. The first-order chi connectivity index (χ1) is 8.52. The average Bonchev–Trinajstić information content (AvgIpc) is 2.38. The van der Waals surface area contributed by atoms with Crippen LogP contribution < -0.4 is 0 Å². The number of pyridine rings is 1. The first-order valence-corrected chi connectivity index (χ1v) is 5.73. The maximum atomic E-state index is 12.6. The van der Waals surface area contributed by atoms with Crippen LogP contribution in [0.5, 0.6) is 0 Å². The van der Waals surface area contributed by atoms with Gasteiger partial charge in [0.1, 0.15) is 0 Å². The number of nitrogens with zero attached hydrogens (tertiary/aromatic N) is 1. The van der Waals surface area contributed by atoms with Crippen molar-refractivity contribution in [2.24, 2.45) is 0 Å². The SMILES string of the molecule is FC(F)(F)c1cnc(CCl)c(-c2ccccc2)c1. The number of hydrogen-bond acceptors (Lipinski definition) is 1. The summed E-state index contributed by atoms with van der Waals surface area (Å²) in [7, 11) is 0. The summed E-state index contributed by atoms with van der Waals surface area (Å²) in [4.78, 5) is 3.79. The first kappa shape index (κ1) is 12.9. The van der Waals surface area contributed by atoms with Crippen molar-refractivity contribution in [3.8, 4) is 11.1 Å². The molecule has 0 amide bonds. The van der Waals surface area contributed by atoms with Crippen molar-refractivity contribution in [3.63, 3.8) is 0 Å². The molecule has 2 rings (SSSR count). The lowest BCUT2D eigenvalue weighted by Crippen LogP contribution is -2.07. The summed E-state index contributed by atoms with van der Waals surface area (Å²) in [5, 5.41) is 0. The molecule has 1 heterocycles.